The summed E-state index contributed by atoms with van der Waals surface area (Å²) in [6, 6.07) is 0. The molecule has 0 spiro atoms. The Labute approximate surface area is 68.3 Å². The number of nitrogens with one attached hydrogen (secondary N) is 1. The van der Waals surface area contributed by atoms with Gasteiger partial charge in [-0.1, -0.05) is 0 Å². The first-order valence-corrected chi connectivity index (χ1v) is 4.68. The minimum Gasteiger partial charge on any atom is -0.378 e. The predicted molar refractivity (Wildman–Crippen MR) is 44.5 cm³/mol. The lowest BCUT2D eigenvalue weighted by Crippen LogP contribution is -2.15. The van der Waals surface area contributed by atoms with Crippen LogP contribution in [-0.4, -0.2) is 25.8 Å². The van der Waals surface area contributed by atoms with Crippen LogP contribution in [0.25, 0.3) is 0 Å². The second-order valence-corrected chi connectivity index (χ2v) is 3.88. The first-order valence-electron chi connectivity index (χ1n) is 4.68. The normalized spacial score (nSPS) is 45.0. The SMILES string of the molecule is CC1CC2CNCC2CCO1. The Hall–Kier alpha value is -0.0800. The summed E-state index contributed by atoms with van der Waals surface area (Å²) in [6.45, 7) is 5.61. The van der Waals surface area contributed by atoms with Gasteiger partial charge >= 0.3 is 0 Å². The van der Waals surface area contributed by atoms with Crippen molar-refractivity contribution in [2.45, 2.75) is 25.9 Å². The molecule has 2 aliphatic rings. The lowest BCUT2D eigenvalue weighted by Gasteiger charge is -2.14. The Bertz CT molecular complexity index is 138. The van der Waals surface area contributed by atoms with Crippen molar-refractivity contribution in [2.24, 2.45) is 11.8 Å². The summed E-state index contributed by atoms with van der Waals surface area (Å²) in [7, 11) is 0. The standard InChI is InChI=1S/C9H17NO/c1-7-4-9-6-10-5-8(9)2-3-11-7/h7-10H,2-6H2,1H3. The van der Waals surface area contributed by atoms with Crippen molar-refractivity contribution in [3.63, 3.8) is 0 Å². The molecule has 2 saturated heterocycles. The van der Waals surface area contributed by atoms with Gasteiger partial charge in [0.1, 0.15) is 0 Å². The Morgan fingerprint density at radius 2 is 2.09 bits per heavy atom. The van der Waals surface area contributed by atoms with Gasteiger partial charge in [-0.25, -0.2) is 0 Å². The Morgan fingerprint density at radius 3 is 3.00 bits per heavy atom. The van der Waals surface area contributed by atoms with E-state index in [-0.39, 0.29) is 0 Å². The van der Waals surface area contributed by atoms with E-state index in [1.165, 1.54) is 25.9 Å². The molecule has 0 radical (unpaired) electrons. The molecule has 2 nitrogen and oxygen atoms in total. The maximum Gasteiger partial charge on any atom is 0.0550 e. The van der Waals surface area contributed by atoms with Crippen LogP contribution in [0, 0.1) is 11.8 Å². The summed E-state index contributed by atoms with van der Waals surface area (Å²) >= 11 is 0. The van der Waals surface area contributed by atoms with Crippen LogP contribution in [0.3, 0.4) is 0 Å². The molecular weight excluding hydrogens is 138 g/mol. The van der Waals surface area contributed by atoms with E-state index in [4.69, 9.17) is 4.74 Å². The molecule has 0 amide bonds. The van der Waals surface area contributed by atoms with E-state index in [2.05, 4.69) is 12.2 Å². The van der Waals surface area contributed by atoms with Gasteiger partial charge in [0.15, 0.2) is 0 Å². The van der Waals surface area contributed by atoms with Crippen LogP contribution in [-0.2, 0) is 4.74 Å². The summed E-state index contributed by atoms with van der Waals surface area (Å²) in [5.41, 5.74) is 0. The summed E-state index contributed by atoms with van der Waals surface area (Å²) < 4.78 is 5.61. The highest BCUT2D eigenvalue weighted by Crippen LogP contribution is 2.28. The molecule has 0 aromatic rings. The van der Waals surface area contributed by atoms with Crippen LogP contribution in [0.1, 0.15) is 19.8 Å². The topological polar surface area (TPSA) is 21.3 Å². The minimum absolute atomic E-state index is 0.491. The highest BCUT2D eigenvalue weighted by molar-refractivity contribution is 4.84. The molecule has 0 bridgehead atoms. The summed E-state index contributed by atoms with van der Waals surface area (Å²) in [5, 5.41) is 3.46. The van der Waals surface area contributed by atoms with E-state index in [1.54, 1.807) is 0 Å². The molecule has 0 aromatic carbocycles. The Morgan fingerprint density at radius 1 is 1.27 bits per heavy atom. The lowest BCUT2D eigenvalue weighted by molar-refractivity contribution is 0.0671. The smallest absolute Gasteiger partial charge is 0.0550 e. The molecular formula is C9H17NO. The zero-order valence-electron chi connectivity index (χ0n) is 7.18. The van der Waals surface area contributed by atoms with Crippen molar-refractivity contribution < 1.29 is 4.74 Å². The van der Waals surface area contributed by atoms with Crippen LogP contribution in [0.15, 0.2) is 0 Å². The van der Waals surface area contributed by atoms with E-state index in [9.17, 15) is 0 Å². The molecule has 2 heterocycles. The largest absolute Gasteiger partial charge is 0.378 e. The lowest BCUT2D eigenvalue weighted by atomic mass is 9.90. The Kier molecular flexibility index (Phi) is 2.14. The molecule has 3 unspecified atom stereocenters. The van der Waals surface area contributed by atoms with E-state index in [1.807, 2.05) is 0 Å². The average Bonchev–Trinajstić information content (AvgIpc) is 2.31. The van der Waals surface area contributed by atoms with Crippen molar-refractivity contribution in [3.05, 3.63) is 0 Å². The minimum atomic E-state index is 0.491. The van der Waals surface area contributed by atoms with Crippen LogP contribution in [0.2, 0.25) is 0 Å². The summed E-state index contributed by atoms with van der Waals surface area (Å²) in [5.74, 6) is 1.80. The molecule has 11 heavy (non-hydrogen) atoms. The van der Waals surface area contributed by atoms with Crippen LogP contribution < -0.4 is 5.32 Å². The van der Waals surface area contributed by atoms with E-state index < -0.39 is 0 Å². The molecule has 64 valence electrons. The predicted octanol–water partition coefficient (Wildman–Crippen LogP) is 1.02. The number of fused-ring (bicyclic) bond motifs is 1. The maximum atomic E-state index is 5.61. The second-order valence-electron chi connectivity index (χ2n) is 3.88. The number of hydrogen-bond acceptors (Lipinski definition) is 2. The fourth-order valence-corrected chi connectivity index (χ4v) is 2.32. The molecule has 0 saturated carbocycles. The molecule has 2 heteroatoms. The molecule has 3 atom stereocenters. The van der Waals surface area contributed by atoms with Crippen molar-refractivity contribution in [1.29, 1.82) is 0 Å². The van der Waals surface area contributed by atoms with Crippen LogP contribution >= 0.6 is 0 Å². The maximum absolute atomic E-state index is 5.61. The monoisotopic (exact) mass is 155 g/mol. The zero-order chi connectivity index (χ0) is 7.68. The van der Waals surface area contributed by atoms with Crippen molar-refractivity contribution >= 4 is 0 Å². The van der Waals surface area contributed by atoms with Gasteiger partial charge in [0.25, 0.3) is 0 Å². The molecule has 0 aliphatic carbocycles. The number of ether oxygens (including phenoxy) is 1. The zero-order valence-corrected chi connectivity index (χ0v) is 7.18. The second kappa shape index (κ2) is 3.11. The van der Waals surface area contributed by atoms with Gasteiger partial charge in [-0.15, -0.1) is 0 Å². The van der Waals surface area contributed by atoms with Crippen LogP contribution in [0.5, 0.6) is 0 Å². The van der Waals surface area contributed by atoms with Crippen molar-refractivity contribution in [3.8, 4) is 0 Å². The van der Waals surface area contributed by atoms with E-state index in [0.717, 1.165) is 18.4 Å². The highest BCUT2D eigenvalue weighted by atomic mass is 16.5. The molecule has 1 N–H and O–H groups in total. The van der Waals surface area contributed by atoms with Gasteiger partial charge in [0.05, 0.1) is 6.10 Å². The van der Waals surface area contributed by atoms with E-state index in [0.29, 0.717) is 6.10 Å². The van der Waals surface area contributed by atoms with E-state index >= 15 is 0 Å². The third-order valence-corrected chi connectivity index (χ3v) is 3.01. The number of hydrogen-bond donors (Lipinski definition) is 1. The van der Waals surface area contributed by atoms with Gasteiger partial charge in [-0.3, -0.25) is 0 Å². The van der Waals surface area contributed by atoms with Gasteiger partial charge in [-0.2, -0.15) is 0 Å². The third-order valence-electron chi connectivity index (χ3n) is 3.01. The first-order chi connectivity index (χ1) is 5.36. The van der Waals surface area contributed by atoms with Gasteiger partial charge < -0.3 is 10.1 Å². The third kappa shape index (κ3) is 1.57. The van der Waals surface area contributed by atoms with Gasteiger partial charge in [0, 0.05) is 6.61 Å². The summed E-state index contributed by atoms with van der Waals surface area (Å²) in [4.78, 5) is 0. The fraction of sp³-hybridized carbons (Fsp3) is 1.00. The van der Waals surface area contributed by atoms with Crippen molar-refractivity contribution in [1.82, 2.24) is 5.32 Å². The average molecular weight is 155 g/mol. The van der Waals surface area contributed by atoms with Gasteiger partial charge in [-0.05, 0) is 44.7 Å². The quantitative estimate of drug-likeness (QED) is 0.564. The summed E-state index contributed by atoms with van der Waals surface area (Å²) in [6.07, 6.45) is 3.02. The molecule has 2 rings (SSSR count). The van der Waals surface area contributed by atoms with Gasteiger partial charge in [0.2, 0.25) is 0 Å². The molecule has 2 fully saturated rings. The fourth-order valence-electron chi connectivity index (χ4n) is 2.32. The Balaban J connectivity index is 1.98. The van der Waals surface area contributed by atoms with Crippen molar-refractivity contribution in [2.75, 3.05) is 19.7 Å². The first kappa shape index (κ1) is 7.56. The number of rotatable bonds is 0. The molecule has 2 aliphatic heterocycles. The molecule has 0 aromatic heterocycles. The highest BCUT2D eigenvalue weighted by Gasteiger charge is 2.30. The van der Waals surface area contributed by atoms with Crippen LogP contribution in [0.4, 0.5) is 0 Å².